The first-order valence-electron chi connectivity index (χ1n) is 10.6. The van der Waals surface area contributed by atoms with Crippen LogP contribution < -0.4 is 0 Å². The van der Waals surface area contributed by atoms with Gasteiger partial charge in [-0.25, -0.2) is 4.98 Å². The van der Waals surface area contributed by atoms with Crippen molar-refractivity contribution in [2.24, 2.45) is 22.7 Å². The van der Waals surface area contributed by atoms with Crippen LogP contribution in [0, 0.1) is 22.7 Å². The summed E-state index contributed by atoms with van der Waals surface area (Å²) in [6.45, 7) is 4.42. The van der Waals surface area contributed by atoms with Gasteiger partial charge in [0.15, 0.2) is 0 Å². The van der Waals surface area contributed by atoms with Crippen molar-refractivity contribution in [3.8, 4) is 0 Å². The van der Waals surface area contributed by atoms with Crippen molar-refractivity contribution in [3.05, 3.63) is 29.9 Å². The van der Waals surface area contributed by atoms with Gasteiger partial charge in [0.05, 0.1) is 11.7 Å². The highest BCUT2D eigenvalue weighted by atomic mass is 16.3. The molecule has 4 N–H and O–H groups in total. The number of allylic oxidation sites excluding steroid dienone is 1. The number of hydrogen-bond donors (Lipinski definition) is 4. The second-order valence-electron chi connectivity index (χ2n) is 10.1. The lowest BCUT2D eigenvalue weighted by Gasteiger charge is -2.61. The third kappa shape index (κ3) is 2.03. The standard InChI is InChI=1S/C22H32N2O3/c1-19-7-5-15(25)13-14(19)3-4-17-16(19)6-8-20(2)21(17,26)9-10-22(20,27)18-23-11-12-24-18/h3,11-12,15-17,25-27H,4-10,13H2,1-2H3,(H,23,24)/t15-,16-,17+,19-,20-,21-,22-/m0/s1. The van der Waals surface area contributed by atoms with Crippen LogP contribution in [0.2, 0.25) is 0 Å². The predicted octanol–water partition coefficient (Wildman–Crippen LogP) is 3.04. The summed E-state index contributed by atoms with van der Waals surface area (Å²) in [5, 5.41) is 33.9. The predicted molar refractivity (Wildman–Crippen MR) is 102 cm³/mol. The molecule has 4 aliphatic carbocycles. The molecule has 5 nitrogen and oxygen atoms in total. The second-order valence-corrected chi connectivity index (χ2v) is 10.1. The topological polar surface area (TPSA) is 89.4 Å². The molecule has 5 heteroatoms. The van der Waals surface area contributed by atoms with Crippen molar-refractivity contribution in [2.75, 3.05) is 0 Å². The highest BCUT2D eigenvalue weighted by Crippen LogP contribution is 2.70. The van der Waals surface area contributed by atoms with Gasteiger partial charge in [0.25, 0.3) is 0 Å². The Bertz CT molecular complexity index is 777. The minimum atomic E-state index is -1.11. The fourth-order valence-electron chi connectivity index (χ4n) is 7.50. The van der Waals surface area contributed by atoms with Gasteiger partial charge in [-0.1, -0.05) is 25.5 Å². The molecule has 0 saturated heterocycles. The molecule has 0 amide bonds. The van der Waals surface area contributed by atoms with Crippen molar-refractivity contribution in [3.63, 3.8) is 0 Å². The lowest BCUT2D eigenvalue weighted by atomic mass is 9.45. The Morgan fingerprint density at radius 3 is 2.63 bits per heavy atom. The number of aliphatic hydroxyl groups excluding tert-OH is 1. The Labute approximate surface area is 160 Å². The molecule has 1 aromatic heterocycles. The SMILES string of the molecule is C[C@]12CC[C@H]3[C@@H](CC=C4C[C@@H](O)CC[C@@]43C)[C@@]1(O)CC[C@]2(O)c1ncc[nH]1. The van der Waals surface area contributed by atoms with E-state index in [4.69, 9.17) is 0 Å². The lowest BCUT2D eigenvalue weighted by molar-refractivity contribution is -0.219. The number of fused-ring (bicyclic) bond motifs is 5. The zero-order valence-corrected chi connectivity index (χ0v) is 16.4. The van der Waals surface area contributed by atoms with Crippen LogP contribution in [0.1, 0.15) is 71.0 Å². The van der Waals surface area contributed by atoms with Crippen LogP contribution in [-0.4, -0.2) is 37.0 Å². The van der Waals surface area contributed by atoms with Crippen molar-refractivity contribution in [2.45, 2.75) is 82.5 Å². The molecular weight excluding hydrogens is 340 g/mol. The van der Waals surface area contributed by atoms with Gasteiger partial charge >= 0.3 is 0 Å². The van der Waals surface area contributed by atoms with E-state index in [1.54, 1.807) is 12.4 Å². The van der Waals surface area contributed by atoms with Gasteiger partial charge < -0.3 is 20.3 Å². The summed E-state index contributed by atoms with van der Waals surface area (Å²) in [5.74, 6) is 1.17. The van der Waals surface area contributed by atoms with Crippen LogP contribution in [0.25, 0.3) is 0 Å². The van der Waals surface area contributed by atoms with Crippen LogP contribution in [0.5, 0.6) is 0 Å². The van der Waals surface area contributed by atoms with E-state index >= 15 is 0 Å². The monoisotopic (exact) mass is 372 g/mol. The van der Waals surface area contributed by atoms with Gasteiger partial charge in [0.2, 0.25) is 0 Å². The Morgan fingerprint density at radius 2 is 1.89 bits per heavy atom. The maximum Gasteiger partial charge on any atom is 0.138 e. The molecule has 1 heterocycles. The molecule has 0 radical (unpaired) electrons. The van der Waals surface area contributed by atoms with Crippen LogP contribution in [0.3, 0.4) is 0 Å². The number of H-pyrrole nitrogens is 1. The number of nitrogens with one attached hydrogen (secondary N) is 1. The summed E-state index contributed by atoms with van der Waals surface area (Å²) in [6, 6.07) is 0. The summed E-state index contributed by atoms with van der Waals surface area (Å²) in [5.41, 5.74) is -1.13. The number of aromatic nitrogens is 2. The Morgan fingerprint density at radius 1 is 1.07 bits per heavy atom. The summed E-state index contributed by atoms with van der Waals surface area (Å²) in [6.07, 6.45) is 12.0. The molecule has 27 heavy (non-hydrogen) atoms. The number of hydrogen-bond acceptors (Lipinski definition) is 4. The van der Waals surface area contributed by atoms with E-state index in [0.29, 0.717) is 24.6 Å². The largest absolute Gasteiger partial charge is 0.393 e. The number of imidazole rings is 1. The molecule has 3 fully saturated rings. The lowest BCUT2D eigenvalue weighted by Crippen LogP contribution is -2.63. The van der Waals surface area contributed by atoms with E-state index in [-0.39, 0.29) is 17.4 Å². The smallest absolute Gasteiger partial charge is 0.138 e. The average molecular weight is 373 g/mol. The van der Waals surface area contributed by atoms with E-state index in [0.717, 1.165) is 38.5 Å². The maximum atomic E-state index is 12.1. The summed E-state index contributed by atoms with van der Waals surface area (Å²) in [4.78, 5) is 7.49. The van der Waals surface area contributed by atoms with Gasteiger partial charge in [-0.2, -0.15) is 0 Å². The summed E-state index contributed by atoms with van der Waals surface area (Å²) >= 11 is 0. The van der Waals surface area contributed by atoms with E-state index < -0.39 is 16.6 Å². The number of aromatic amines is 1. The third-order valence-electron chi connectivity index (χ3n) is 9.30. The molecule has 148 valence electrons. The Balaban J connectivity index is 1.56. The highest BCUT2D eigenvalue weighted by Gasteiger charge is 2.72. The van der Waals surface area contributed by atoms with Gasteiger partial charge in [-0.3, -0.25) is 0 Å². The summed E-state index contributed by atoms with van der Waals surface area (Å²) in [7, 11) is 0. The van der Waals surface area contributed by atoms with Crippen LogP contribution in [-0.2, 0) is 5.60 Å². The first-order chi connectivity index (χ1) is 12.7. The summed E-state index contributed by atoms with van der Waals surface area (Å²) < 4.78 is 0. The number of aliphatic hydroxyl groups is 3. The van der Waals surface area contributed by atoms with Crippen molar-refractivity contribution in [1.29, 1.82) is 0 Å². The van der Waals surface area contributed by atoms with E-state index in [1.807, 2.05) is 0 Å². The normalized spacial score (nSPS) is 51.9. The van der Waals surface area contributed by atoms with Crippen LogP contribution >= 0.6 is 0 Å². The molecule has 0 spiro atoms. The molecular formula is C22H32N2O3. The number of nitrogens with zero attached hydrogens (tertiary/aromatic N) is 1. The molecule has 0 aliphatic heterocycles. The van der Waals surface area contributed by atoms with E-state index in [1.165, 1.54) is 5.57 Å². The molecule has 1 aromatic rings. The minimum absolute atomic E-state index is 0.0740. The number of rotatable bonds is 1. The first kappa shape index (κ1) is 17.9. The van der Waals surface area contributed by atoms with Crippen LogP contribution in [0.4, 0.5) is 0 Å². The zero-order valence-electron chi connectivity index (χ0n) is 16.4. The van der Waals surface area contributed by atoms with Crippen LogP contribution in [0.15, 0.2) is 24.0 Å². The fourth-order valence-corrected chi connectivity index (χ4v) is 7.50. The van der Waals surface area contributed by atoms with Gasteiger partial charge in [0, 0.05) is 17.8 Å². The molecule has 3 saturated carbocycles. The van der Waals surface area contributed by atoms with E-state index in [9.17, 15) is 15.3 Å². The van der Waals surface area contributed by atoms with Crippen molar-refractivity contribution >= 4 is 0 Å². The van der Waals surface area contributed by atoms with E-state index in [2.05, 4.69) is 29.9 Å². The van der Waals surface area contributed by atoms with Crippen molar-refractivity contribution in [1.82, 2.24) is 9.97 Å². The molecule has 4 aliphatic rings. The minimum Gasteiger partial charge on any atom is -0.393 e. The van der Waals surface area contributed by atoms with Gasteiger partial charge in [-0.05, 0) is 68.6 Å². The maximum absolute atomic E-state index is 12.1. The third-order valence-corrected chi connectivity index (χ3v) is 9.30. The highest BCUT2D eigenvalue weighted by molar-refractivity contribution is 5.30. The molecule has 0 unspecified atom stereocenters. The average Bonchev–Trinajstić information content (AvgIpc) is 3.24. The Hall–Kier alpha value is -1.17. The first-order valence-corrected chi connectivity index (χ1v) is 10.6. The quantitative estimate of drug-likeness (QED) is 0.571. The molecule has 0 bridgehead atoms. The molecule has 0 aromatic carbocycles. The second kappa shape index (κ2) is 5.46. The zero-order chi connectivity index (χ0) is 19.1. The molecule has 5 rings (SSSR count). The van der Waals surface area contributed by atoms with Crippen molar-refractivity contribution < 1.29 is 15.3 Å². The Kier molecular flexibility index (Phi) is 3.62. The van der Waals surface area contributed by atoms with Gasteiger partial charge in [-0.15, -0.1) is 0 Å². The van der Waals surface area contributed by atoms with Gasteiger partial charge in [0.1, 0.15) is 11.4 Å². The molecule has 7 atom stereocenters. The fraction of sp³-hybridized carbons (Fsp3) is 0.773.